The number of aromatic hydroxyl groups is 2. The molecule has 1 saturated heterocycles. The van der Waals surface area contributed by atoms with Crippen LogP contribution in [0, 0.1) is 5.92 Å². The van der Waals surface area contributed by atoms with E-state index in [1.54, 1.807) is 24.3 Å². The van der Waals surface area contributed by atoms with Gasteiger partial charge in [-0.25, -0.2) is 0 Å². The molecule has 35 heavy (non-hydrogen) atoms. The molecule has 0 aliphatic carbocycles. The lowest BCUT2D eigenvalue weighted by Crippen LogP contribution is -2.26. The molecule has 0 aromatic heterocycles. The predicted octanol–water partition coefficient (Wildman–Crippen LogP) is 6.38. The van der Waals surface area contributed by atoms with Gasteiger partial charge in [-0.2, -0.15) is 0 Å². The van der Waals surface area contributed by atoms with Crippen molar-refractivity contribution in [3.63, 3.8) is 0 Å². The summed E-state index contributed by atoms with van der Waals surface area (Å²) < 4.78 is 25.1. The van der Waals surface area contributed by atoms with E-state index in [0.29, 0.717) is 18.1 Å². The summed E-state index contributed by atoms with van der Waals surface area (Å²) in [4.78, 5) is 2.24. The minimum absolute atomic E-state index is 0.163. The van der Waals surface area contributed by atoms with Crippen LogP contribution < -0.4 is 9.47 Å². The van der Waals surface area contributed by atoms with Gasteiger partial charge in [0.2, 0.25) is 0 Å². The van der Waals surface area contributed by atoms with E-state index in [4.69, 9.17) is 9.47 Å². The van der Waals surface area contributed by atoms with Gasteiger partial charge in [0.25, 0.3) is 0 Å². The van der Waals surface area contributed by atoms with Crippen LogP contribution in [-0.2, 0) is 0 Å². The molecule has 2 N–H and O–H groups in total. The van der Waals surface area contributed by atoms with Crippen LogP contribution in [0.4, 0.5) is 4.39 Å². The summed E-state index contributed by atoms with van der Waals surface area (Å²) >= 11 is 0. The molecule has 1 fully saturated rings. The first-order valence-corrected chi connectivity index (χ1v) is 11.8. The molecular formula is C29H28FNO4. The molecular weight excluding hydrogens is 445 g/mol. The van der Waals surface area contributed by atoms with E-state index in [1.807, 2.05) is 54.6 Å². The first kappa shape index (κ1) is 23.0. The molecule has 0 spiro atoms. The number of ether oxygens (including phenoxy) is 2. The molecule has 1 aliphatic rings. The normalized spacial score (nSPS) is 16.0. The standard InChI is InChI=1S/C29H28FNO4/c30-18-20-13-14-31(19-20)15-16-34-25-7-9-26(10-8-25)35-29-27(21-1-4-23(32)5-2-21)11-3-22-17-24(33)6-12-28(22)29/h1-12,17,20,32-33H,13-16,18-19H2/t20-/m0/s1. The molecule has 1 atom stereocenters. The molecule has 0 unspecified atom stereocenters. The van der Waals surface area contributed by atoms with Crippen LogP contribution in [0.15, 0.2) is 78.9 Å². The quantitative estimate of drug-likeness (QED) is 0.311. The summed E-state index contributed by atoms with van der Waals surface area (Å²) in [5.74, 6) is 2.62. The van der Waals surface area contributed by atoms with E-state index >= 15 is 0 Å². The number of phenolic OH excluding ortho intramolecular Hbond substituents is 2. The predicted molar refractivity (Wildman–Crippen MR) is 135 cm³/mol. The minimum atomic E-state index is -0.245. The zero-order valence-electron chi connectivity index (χ0n) is 19.4. The number of hydrogen-bond donors (Lipinski definition) is 2. The molecule has 180 valence electrons. The van der Waals surface area contributed by atoms with Gasteiger partial charge in [-0.3, -0.25) is 9.29 Å². The Morgan fingerprint density at radius 1 is 0.857 bits per heavy atom. The van der Waals surface area contributed by atoms with Gasteiger partial charge in [-0.1, -0.05) is 18.2 Å². The molecule has 1 heterocycles. The van der Waals surface area contributed by atoms with Gasteiger partial charge in [0.05, 0.1) is 6.67 Å². The van der Waals surface area contributed by atoms with Crippen LogP contribution in [-0.4, -0.2) is 48.0 Å². The van der Waals surface area contributed by atoms with Crippen molar-refractivity contribution in [1.29, 1.82) is 0 Å². The number of nitrogens with zero attached hydrogens (tertiary/aromatic N) is 1. The van der Waals surface area contributed by atoms with Crippen molar-refractivity contribution in [3.8, 4) is 39.9 Å². The van der Waals surface area contributed by atoms with Crippen LogP contribution in [0.1, 0.15) is 6.42 Å². The van der Waals surface area contributed by atoms with Gasteiger partial charge >= 0.3 is 0 Å². The van der Waals surface area contributed by atoms with E-state index in [2.05, 4.69) is 4.90 Å². The third kappa shape index (κ3) is 5.33. The van der Waals surface area contributed by atoms with Crippen molar-refractivity contribution >= 4 is 10.8 Å². The second-order valence-electron chi connectivity index (χ2n) is 8.93. The second kappa shape index (κ2) is 10.2. The fourth-order valence-electron chi connectivity index (χ4n) is 4.52. The van der Waals surface area contributed by atoms with Crippen LogP contribution in [0.2, 0.25) is 0 Å². The van der Waals surface area contributed by atoms with Crippen molar-refractivity contribution in [3.05, 3.63) is 78.9 Å². The highest BCUT2D eigenvalue weighted by atomic mass is 19.1. The third-order valence-electron chi connectivity index (χ3n) is 6.44. The smallest absolute Gasteiger partial charge is 0.143 e. The zero-order chi connectivity index (χ0) is 24.2. The molecule has 0 radical (unpaired) electrons. The van der Waals surface area contributed by atoms with Crippen LogP contribution in [0.5, 0.6) is 28.7 Å². The molecule has 5 nitrogen and oxygen atoms in total. The lowest BCUT2D eigenvalue weighted by Gasteiger charge is -2.17. The highest BCUT2D eigenvalue weighted by Crippen LogP contribution is 2.41. The molecule has 5 rings (SSSR count). The fourth-order valence-corrected chi connectivity index (χ4v) is 4.52. The van der Waals surface area contributed by atoms with E-state index in [0.717, 1.165) is 53.7 Å². The Bertz CT molecular complexity index is 1290. The molecule has 6 heteroatoms. The first-order valence-electron chi connectivity index (χ1n) is 11.8. The second-order valence-corrected chi connectivity index (χ2v) is 8.93. The Hall–Kier alpha value is -3.77. The van der Waals surface area contributed by atoms with Crippen molar-refractivity contribution in [2.45, 2.75) is 6.42 Å². The number of alkyl halides is 1. The molecule has 1 aliphatic heterocycles. The lowest BCUT2D eigenvalue weighted by molar-refractivity contribution is 0.228. The fraction of sp³-hybridized carbons (Fsp3) is 0.241. The van der Waals surface area contributed by atoms with Gasteiger partial charge in [0.15, 0.2) is 0 Å². The molecule has 4 aromatic rings. The maximum Gasteiger partial charge on any atom is 0.143 e. The van der Waals surface area contributed by atoms with Gasteiger partial charge in [-0.15, -0.1) is 0 Å². The van der Waals surface area contributed by atoms with Crippen molar-refractivity contribution in [2.75, 3.05) is 32.9 Å². The van der Waals surface area contributed by atoms with E-state index < -0.39 is 0 Å². The molecule has 4 aromatic carbocycles. The maximum absolute atomic E-state index is 12.8. The summed E-state index contributed by atoms with van der Waals surface area (Å²) in [6, 6.07) is 23.5. The molecule has 0 bridgehead atoms. The first-order chi connectivity index (χ1) is 17.1. The number of fused-ring (bicyclic) bond motifs is 1. The van der Waals surface area contributed by atoms with E-state index in [9.17, 15) is 14.6 Å². The van der Waals surface area contributed by atoms with Crippen molar-refractivity contribution in [2.24, 2.45) is 5.92 Å². The summed E-state index contributed by atoms with van der Waals surface area (Å²) in [6.45, 7) is 2.82. The van der Waals surface area contributed by atoms with Gasteiger partial charge < -0.3 is 19.7 Å². The highest BCUT2D eigenvalue weighted by molar-refractivity contribution is 5.96. The lowest BCUT2D eigenvalue weighted by atomic mass is 9.99. The number of hydrogen-bond acceptors (Lipinski definition) is 5. The van der Waals surface area contributed by atoms with Gasteiger partial charge in [0.1, 0.15) is 35.4 Å². The summed E-state index contributed by atoms with van der Waals surface area (Å²) in [5.41, 5.74) is 1.78. The Kier molecular flexibility index (Phi) is 6.73. The largest absolute Gasteiger partial charge is 0.508 e. The maximum atomic E-state index is 12.8. The SMILES string of the molecule is Oc1ccc(-c2ccc3cc(O)ccc3c2Oc2ccc(OCCN3CC[C@@H](CF)C3)cc2)cc1. The topological polar surface area (TPSA) is 62.2 Å². The highest BCUT2D eigenvalue weighted by Gasteiger charge is 2.21. The third-order valence-corrected chi connectivity index (χ3v) is 6.44. The van der Waals surface area contributed by atoms with Crippen LogP contribution in [0.3, 0.4) is 0 Å². The summed E-state index contributed by atoms with van der Waals surface area (Å²) in [7, 11) is 0. The Morgan fingerprint density at radius 2 is 1.60 bits per heavy atom. The van der Waals surface area contributed by atoms with E-state index in [1.165, 1.54) is 0 Å². The van der Waals surface area contributed by atoms with E-state index in [-0.39, 0.29) is 24.1 Å². The average Bonchev–Trinajstić information content (AvgIpc) is 3.34. The summed E-state index contributed by atoms with van der Waals surface area (Å²) in [6.07, 6.45) is 0.919. The number of likely N-dealkylation sites (tertiary alicyclic amines) is 1. The number of benzene rings is 4. The Balaban J connectivity index is 1.33. The zero-order valence-corrected chi connectivity index (χ0v) is 19.4. The monoisotopic (exact) mass is 473 g/mol. The van der Waals surface area contributed by atoms with Crippen LogP contribution >= 0.6 is 0 Å². The van der Waals surface area contributed by atoms with Crippen molar-refractivity contribution in [1.82, 2.24) is 4.90 Å². The Labute approximate surface area is 204 Å². The van der Waals surface area contributed by atoms with Crippen LogP contribution in [0.25, 0.3) is 21.9 Å². The number of halogens is 1. The Morgan fingerprint density at radius 3 is 2.34 bits per heavy atom. The summed E-state index contributed by atoms with van der Waals surface area (Å²) in [5, 5.41) is 21.3. The van der Waals surface area contributed by atoms with Gasteiger partial charge in [0, 0.05) is 30.0 Å². The minimum Gasteiger partial charge on any atom is -0.508 e. The van der Waals surface area contributed by atoms with Gasteiger partial charge in [-0.05, 0) is 84.6 Å². The average molecular weight is 474 g/mol. The molecule has 0 amide bonds. The number of rotatable bonds is 8. The molecule has 0 saturated carbocycles. The number of phenols is 2. The van der Waals surface area contributed by atoms with Crippen molar-refractivity contribution < 1.29 is 24.1 Å².